The Kier molecular flexibility index (Phi) is 2.07. The van der Waals surface area contributed by atoms with Crippen molar-refractivity contribution in [2.24, 2.45) is 0 Å². The van der Waals surface area contributed by atoms with Crippen LogP contribution < -0.4 is 5.73 Å². The van der Waals surface area contributed by atoms with E-state index in [0.717, 1.165) is 0 Å². The zero-order valence-corrected chi connectivity index (χ0v) is 6.09. The van der Waals surface area contributed by atoms with Crippen molar-refractivity contribution in [1.82, 2.24) is 9.78 Å². The smallest absolute Gasteiger partial charge is 0.284 e. The molecule has 0 bridgehead atoms. The third kappa shape index (κ3) is 1.47. The Hall–Kier alpha value is -1.13. The lowest BCUT2D eigenvalue weighted by Gasteiger charge is -1.93. The molecule has 11 heavy (non-hydrogen) atoms. The summed E-state index contributed by atoms with van der Waals surface area (Å²) in [4.78, 5) is 0. The van der Waals surface area contributed by atoms with E-state index in [9.17, 15) is 8.78 Å². The van der Waals surface area contributed by atoms with E-state index >= 15 is 0 Å². The van der Waals surface area contributed by atoms with Crippen LogP contribution in [0.3, 0.4) is 0 Å². The minimum atomic E-state index is -2.58. The number of nitrogens with zero attached hydrogens (tertiary/aromatic N) is 2. The Bertz CT molecular complexity index is 244. The van der Waals surface area contributed by atoms with E-state index in [1.54, 1.807) is 0 Å². The van der Waals surface area contributed by atoms with Crippen LogP contribution in [-0.2, 0) is 6.54 Å². The highest BCUT2D eigenvalue weighted by atomic mass is 19.3. The van der Waals surface area contributed by atoms with E-state index in [1.165, 1.54) is 10.9 Å². The number of halogens is 2. The molecule has 0 atom stereocenters. The Morgan fingerprint density at radius 3 is 2.64 bits per heavy atom. The van der Waals surface area contributed by atoms with Crippen LogP contribution >= 0.6 is 0 Å². The van der Waals surface area contributed by atoms with Crippen LogP contribution in [0.15, 0.2) is 6.20 Å². The first kappa shape index (κ1) is 7.97. The largest absolute Gasteiger partial charge is 0.396 e. The zero-order chi connectivity index (χ0) is 8.43. The monoisotopic (exact) mass is 161 g/mol. The summed E-state index contributed by atoms with van der Waals surface area (Å²) in [6.07, 6.45) is -1.18. The van der Waals surface area contributed by atoms with Gasteiger partial charge < -0.3 is 5.73 Å². The highest BCUT2D eigenvalue weighted by Crippen LogP contribution is 2.22. The first-order valence-corrected chi connectivity index (χ1v) is 3.26. The Balaban J connectivity index is 2.97. The Morgan fingerprint density at radius 2 is 2.36 bits per heavy atom. The summed E-state index contributed by atoms with van der Waals surface area (Å²) in [5.74, 6) is 0. The van der Waals surface area contributed by atoms with Gasteiger partial charge >= 0.3 is 0 Å². The lowest BCUT2D eigenvalue weighted by molar-refractivity contribution is 0.146. The molecule has 0 saturated heterocycles. The van der Waals surface area contributed by atoms with Gasteiger partial charge in [0.2, 0.25) is 0 Å². The molecule has 0 aliphatic rings. The second-order valence-corrected chi connectivity index (χ2v) is 2.13. The Labute approximate surface area is 62.8 Å². The molecule has 1 aromatic rings. The summed E-state index contributed by atoms with van der Waals surface area (Å²) in [6.45, 7) is 2.36. The summed E-state index contributed by atoms with van der Waals surface area (Å²) in [5.41, 5.74) is 4.98. The van der Waals surface area contributed by atoms with Crippen LogP contribution in [-0.4, -0.2) is 9.78 Å². The van der Waals surface area contributed by atoms with Gasteiger partial charge in [0.1, 0.15) is 0 Å². The predicted molar refractivity (Wildman–Crippen MR) is 37.3 cm³/mol. The molecular weight excluding hydrogens is 152 g/mol. The second-order valence-electron chi connectivity index (χ2n) is 2.13. The van der Waals surface area contributed by atoms with E-state index in [-0.39, 0.29) is 11.4 Å². The molecule has 62 valence electrons. The van der Waals surface area contributed by atoms with Crippen molar-refractivity contribution in [2.75, 3.05) is 5.73 Å². The minimum Gasteiger partial charge on any atom is -0.396 e. The predicted octanol–water partition coefficient (Wildman–Crippen LogP) is 1.42. The van der Waals surface area contributed by atoms with Gasteiger partial charge in [0, 0.05) is 12.7 Å². The van der Waals surface area contributed by atoms with Gasteiger partial charge in [0.15, 0.2) is 5.69 Å². The quantitative estimate of drug-likeness (QED) is 0.712. The highest BCUT2D eigenvalue weighted by molar-refractivity contribution is 5.41. The highest BCUT2D eigenvalue weighted by Gasteiger charge is 2.15. The number of hydrogen-bond donors (Lipinski definition) is 1. The summed E-state index contributed by atoms with van der Waals surface area (Å²) in [7, 11) is 0. The van der Waals surface area contributed by atoms with Crippen molar-refractivity contribution in [3.8, 4) is 0 Å². The van der Waals surface area contributed by atoms with E-state index < -0.39 is 6.43 Å². The van der Waals surface area contributed by atoms with Crippen molar-refractivity contribution in [3.05, 3.63) is 11.9 Å². The maximum atomic E-state index is 12.0. The molecule has 1 aromatic heterocycles. The summed E-state index contributed by atoms with van der Waals surface area (Å²) < 4.78 is 25.4. The van der Waals surface area contributed by atoms with Gasteiger partial charge in [0.25, 0.3) is 6.43 Å². The van der Waals surface area contributed by atoms with Crippen molar-refractivity contribution >= 4 is 5.69 Å². The number of hydrogen-bond acceptors (Lipinski definition) is 2. The maximum Gasteiger partial charge on any atom is 0.284 e. The third-order valence-electron chi connectivity index (χ3n) is 1.35. The van der Waals surface area contributed by atoms with E-state index in [2.05, 4.69) is 5.10 Å². The summed E-state index contributed by atoms with van der Waals surface area (Å²) in [6, 6.07) is 0. The fourth-order valence-electron chi connectivity index (χ4n) is 0.783. The van der Waals surface area contributed by atoms with E-state index in [1.807, 2.05) is 6.92 Å². The molecule has 0 radical (unpaired) electrons. The van der Waals surface area contributed by atoms with Crippen molar-refractivity contribution in [2.45, 2.75) is 19.9 Å². The molecular formula is C6H9F2N3. The topological polar surface area (TPSA) is 43.8 Å². The fraction of sp³-hybridized carbons (Fsp3) is 0.500. The molecule has 0 unspecified atom stereocenters. The van der Waals surface area contributed by atoms with Gasteiger partial charge in [0.05, 0.1) is 5.69 Å². The van der Waals surface area contributed by atoms with Crippen LogP contribution in [0, 0.1) is 0 Å². The Morgan fingerprint density at radius 1 is 1.73 bits per heavy atom. The van der Waals surface area contributed by atoms with Crippen LogP contribution in [0.1, 0.15) is 19.0 Å². The van der Waals surface area contributed by atoms with Gasteiger partial charge in [-0.25, -0.2) is 8.78 Å². The zero-order valence-electron chi connectivity index (χ0n) is 6.09. The molecule has 0 spiro atoms. The molecule has 0 amide bonds. The molecule has 0 aliphatic heterocycles. The number of anilines is 1. The lowest BCUT2D eigenvalue weighted by atomic mass is 10.4. The normalized spacial score (nSPS) is 10.9. The van der Waals surface area contributed by atoms with Gasteiger partial charge in [-0.15, -0.1) is 0 Å². The van der Waals surface area contributed by atoms with Gasteiger partial charge in [-0.3, -0.25) is 4.68 Å². The molecule has 5 heteroatoms. The fourth-order valence-corrected chi connectivity index (χ4v) is 0.783. The standard InChI is InChI=1S/C6H9F2N3/c1-2-11-3-4(9)5(10-11)6(7)8/h3,6H,2,9H2,1H3. The lowest BCUT2D eigenvalue weighted by Crippen LogP contribution is -1.95. The van der Waals surface area contributed by atoms with Crippen molar-refractivity contribution in [1.29, 1.82) is 0 Å². The number of alkyl halides is 2. The van der Waals surface area contributed by atoms with Gasteiger partial charge in [-0.05, 0) is 6.92 Å². The number of aryl methyl sites for hydroxylation is 1. The average molecular weight is 161 g/mol. The van der Waals surface area contributed by atoms with Gasteiger partial charge in [-0.1, -0.05) is 0 Å². The maximum absolute atomic E-state index is 12.0. The van der Waals surface area contributed by atoms with Crippen LogP contribution in [0.2, 0.25) is 0 Å². The SMILES string of the molecule is CCn1cc(N)c(C(F)F)n1. The minimum absolute atomic E-state index is 0.0573. The van der Waals surface area contributed by atoms with Crippen LogP contribution in [0.4, 0.5) is 14.5 Å². The number of rotatable bonds is 2. The van der Waals surface area contributed by atoms with Gasteiger partial charge in [-0.2, -0.15) is 5.10 Å². The molecule has 0 aliphatic carbocycles. The molecule has 1 rings (SSSR count). The molecule has 3 nitrogen and oxygen atoms in total. The van der Waals surface area contributed by atoms with Crippen molar-refractivity contribution < 1.29 is 8.78 Å². The first-order chi connectivity index (χ1) is 5.15. The van der Waals surface area contributed by atoms with E-state index in [0.29, 0.717) is 6.54 Å². The molecule has 0 saturated carbocycles. The molecule has 0 aromatic carbocycles. The number of aromatic nitrogens is 2. The van der Waals surface area contributed by atoms with E-state index in [4.69, 9.17) is 5.73 Å². The third-order valence-corrected chi connectivity index (χ3v) is 1.35. The summed E-state index contributed by atoms with van der Waals surface area (Å²) >= 11 is 0. The summed E-state index contributed by atoms with van der Waals surface area (Å²) in [5, 5.41) is 3.57. The number of nitrogens with two attached hydrogens (primary N) is 1. The molecule has 1 heterocycles. The first-order valence-electron chi connectivity index (χ1n) is 3.26. The molecule has 0 fully saturated rings. The number of nitrogen functional groups attached to an aromatic ring is 1. The van der Waals surface area contributed by atoms with Crippen LogP contribution in [0.5, 0.6) is 0 Å². The van der Waals surface area contributed by atoms with Crippen molar-refractivity contribution in [3.63, 3.8) is 0 Å². The second kappa shape index (κ2) is 2.86. The average Bonchev–Trinajstić information content (AvgIpc) is 2.30. The molecule has 2 N–H and O–H groups in total. The van der Waals surface area contributed by atoms with Crippen LogP contribution in [0.25, 0.3) is 0 Å².